The number of hydrogen-bond acceptors (Lipinski definition) is 8. The second kappa shape index (κ2) is 7.86. The van der Waals surface area contributed by atoms with Gasteiger partial charge in [0.25, 0.3) is 6.43 Å². The van der Waals surface area contributed by atoms with E-state index in [1.165, 1.54) is 12.1 Å². The van der Waals surface area contributed by atoms with Crippen molar-refractivity contribution in [1.29, 1.82) is 0 Å². The minimum Gasteiger partial charge on any atom is -0.259 e. The zero-order valence-corrected chi connectivity index (χ0v) is 20.4. The largest absolute Gasteiger partial charge is 0.291 e. The molecule has 0 bridgehead atoms. The molecular formula is C20H20F2N6O2S3. The number of nitrogens with zero attached hydrogens (tertiary/aromatic N) is 5. The molecule has 0 aliphatic heterocycles. The predicted octanol–water partition coefficient (Wildman–Crippen LogP) is 4.44. The van der Waals surface area contributed by atoms with Crippen LogP contribution in [-0.2, 0) is 16.6 Å². The normalized spacial score (nSPS) is 15.6. The van der Waals surface area contributed by atoms with Crippen LogP contribution in [0.15, 0.2) is 23.1 Å². The Morgan fingerprint density at radius 3 is 2.58 bits per heavy atom. The summed E-state index contributed by atoms with van der Waals surface area (Å²) in [5, 5.41) is 13.3. The monoisotopic (exact) mass is 510 g/mol. The minimum absolute atomic E-state index is 0.0901. The van der Waals surface area contributed by atoms with Crippen molar-refractivity contribution < 1.29 is 17.2 Å². The van der Waals surface area contributed by atoms with Gasteiger partial charge < -0.3 is 0 Å². The summed E-state index contributed by atoms with van der Waals surface area (Å²) in [6, 6.07) is 4.75. The van der Waals surface area contributed by atoms with Crippen LogP contribution < -0.4 is 4.72 Å². The Morgan fingerprint density at radius 2 is 1.97 bits per heavy atom. The summed E-state index contributed by atoms with van der Waals surface area (Å²) in [4.78, 5) is 5.55. The summed E-state index contributed by atoms with van der Waals surface area (Å²) in [5.74, 6) is 0. The molecule has 0 radical (unpaired) electrons. The zero-order valence-electron chi connectivity index (χ0n) is 18.0. The number of alkyl halides is 2. The number of thiazole rings is 1. The van der Waals surface area contributed by atoms with E-state index >= 15 is 0 Å². The lowest BCUT2D eigenvalue weighted by Gasteiger charge is -2.12. The molecule has 1 aliphatic carbocycles. The third-order valence-corrected chi connectivity index (χ3v) is 9.17. The number of benzene rings is 1. The third-order valence-electron chi connectivity index (χ3n) is 5.54. The first-order valence-corrected chi connectivity index (χ1v) is 13.3. The van der Waals surface area contributed by atoms with E-state index in [1.807, 2.05) is 20.8 Å². The molecule has 0 saturated heterocycles. The Hall–Kier alpha value is -2.35. The van der Waals surface area contributed by atoms with Gasteiger partial charge in [-0.25, -0.2) is 26.9 Å². The summed E-state index contributed by atoms with van der Waals surface area (Å²) in [6.07, 6.45) is -1.18. The average Bonchev–Trinajstić information content (AvgIpc) is 3.10. The molecule has 0 amide bonds. The molecule has 1 fully saturated rings. The van der Waals surface area contributed by atoms with E-state index in [1.54, 1.807) is 22.1 Å². The molecule has 33 heavy (non-hydrogen) atoms. The molecule has 1 N–H and O–H groups in total. The Kier molecular flexibility index (Phi) is 5.34. The smallest absolute Gasteiger partial charge is 0.259 e. The fourth-order valence-electron chi connectivity index (χ4n) is 3.55. The van der Waals surface area contributed by atoms with Crippen molar-refractivity contribution in [1.82, 2.24) is 29.7 Å². The highest BCUT2D eigenvalue weighted by Gasteiger charge is 2.41. The van der Waals surface area contributed by atoms with E-state index in [0.29, 0.717) is 23.1 Å². The van der Waals surface area contributed by atoms with Gasteiger partial charge in [0.1, 0.15) is 5.69 Å². The van der Waals surface area contributed by atoms with Gasteiger partial charge in [-0.05, 0) is 51.8 Å². The van der Waals surface area contributed by atoms with Gasteiger partial charge in [-0.3, -0.25) is 4.68 Å². The van der Waals surface area contributed by atoms with Gasteiger partial charge in [-0.2, -0.15) is 5.10 Å². The molecule has 174 valence electrons. The highest BCUT2D eigenvalue weighted by molar-refractivity contribution is 7.89. The van der Waals surface area contributed by atoms with Crippen molar-refractivity contribution in [3.8, 4) is 10.7 Å². The number of halogens is 2. The standard InChI is InChI=1S/C20H20F2N6O2S3/c1-10-15(31-11(2)23-10)9-28-14-5-4-12(33(29,30)27-20(3)6-7-20)8-13(14)16(26-28)18-24-25-19(32-18)17(21)22/h4-5,8,17,27H,6-7,9H2,1-3H3. The van der Waals surface area contributed by atoms with Gasteiger partial charge in [0.2, 0.25) is 10.0 Å². The number of nitrogens with one attached hydrogen (secondary N) is 1. The first-order valence-electron chi connectivity index (χ1n) is 10.1. The Labute approximate surface area is 196 Å². The lowest BCUT2D eigenvalue weighted by molar-refractivity contribution is 0.150. The summed E-state index contributed by atoms with van der Waals surface area (Å²) in [6.45, 7) is 6.11. The van der Waals surface area contributed by atoms with Gasteiger partial charge in [0.15, 0.2) is 10.0 Å². The molecule has 5 rings (SSSR count). The van der Waals surface area contributed by atoms with Crippen LogP contribution in [0.1, 0.15) is 46.8 Å². The van der Waals surface area contributed by atoms with Crippen LogP contribution in [0.2, 0.25) is 0 Å². The maximum absolute atomic E-state index is 13.1. The fraction of sp³-hybridized carbons (Fsp3) is 0.400. The van der Waals surface area contributed by atoms with Gasteiger partial charge in [0.05, 0.1) is 27.7 Å². The average molecular weight is 511 g/mol. The quantitative estimate of drug-likeness (QED) is 0.394. The molecule has 1 aromatic carbocycles. The number of aryl methyl sites for hydroxylation is 2. The van der Waals surface area contributed by atoms with Crippen LogP contribution in [0.5, 0.6) is 0 Å². The lowest BCUT2D eigenvalue weighted by atomic mass is 10.2. The molecule has 1 aliphatic rings. The van der Waals surface area contributed by atoms with Crippen molar-refractivity contribution in [3.63, 3.8) is 0 Å². The fourth-order valence-corrected chi connectivity index (χ4v) is 6.66. The maximum atomic E-state index is 13.1. The van der Waals surface area contributed by atoms with Gasteiger partial charge in [-0.1, -0.05) is 11.3 Å². The number of sulfonamides is 1. The van der Waals surface area contributed by atoms with Crippen molar-refractivity contribution in [2.75, 3.05) is 0 Å². The zero-order chi connectivity index (χ0) is 23.5. The van der Waals surface area contributed by atoms with Crippen LogP contribution in [0, 0.1) is 13.8 Å². The molecule has 3 aromatic heterocycles. The molecule has 0 atom stereocenters. The first-order chi connectivity index (χ1) is 15.5. The van der Waals surface area contributed by atoms with E-state index in [9.17, 15) is 17.2 Å². The number of rotatable bonds is 7. The molecule has 8 nitrogen and oxygen atoms in total. The molecule has 1 saturated carbocycles. The number of hydrogen-bond donors (Lipinski definition) is 1. The van der Waals surface area contributed by atoms with Crippen LogP contribution in [0.4, 0.5) is 8.78 Å². The summed E-state index contributed by atoms with van der Waals surface area (Å²) >= 11 is 2.30. The molecular weight excluding hydrogens is 490 g/mol. The molecule has 0 spiro atoms. The highest BCUT2D eigenvalue weighted by Crippen LogP contribution is 2.38. The van der Waals surface area contributed by atoms with Crippen LogP contribution >= 0.6 is 22.7 Å². The molecule has 0 unspecified atom stereocenters. The summed E-state index contributed by atoms with van der Waals surface area (Å²) < 4.78 is 56.6. The van der Waals surface area contributed by atoms with Crippen molar-refractivity contribution in [2.24, 2.45) is 0 Å². The van der Waals surface area contributed by atoms with Crippen molar-refractivity contribution in [2.45, 2.75) is 57.0 Å². The van der Waals surface area contributed by atoms with Crippen LogP contribution in [0.25, 0.3) is 21.6 Å². The predicted molar refractivity (Wildman–Crippen MR) is 122 cm³/mol. The lowest BCUT2D eigenvalue weighted by Crippen LogP contribution is -2.34. The Balaban J connectivity index is 1.64. The molecule has 4 aromatic rings. The first kappa shape index (κ1) is 22.4. The molecule has 3 heterocycles. The third kappa shape index (κ3) is 4.29. The SMILES string of the molecule is Cc1nc(C)c(Cn2nc(-c3nnc(C(F)F)s3)c3cc(S(=O)(=O)NC4(C)CC4)ccc32)s1. The van der Waals surface area contributed by atoms with Crippen LogP contribution in [-0.4, -0.2) is 38.9 Å². The highest BCUT2D eigenvalue weighted by atomic mass is 32.2. The van der Waals surface area contributed by atoms with Crippen LogP contribution in [0.3, 0.4) is 0 Å². The van der Waals surface area contributed by atoms with E-state index in [0.717, 1.165) is 39.8 Å². The second-order valence-electron chi connectivity index (χ2n) is 8.34. The van der Waals surface area contributed by atoms with E-state index in [2.05, 4.69) is 25.0 Å². The maximum Gasteiger partial charge on any atom is 0.291 e. The van der Waals surface area contributed by atoms with E-state index < -0.39 is 27.0 Å². The Bertz CT molecular complexity index is 1470. The van der Waals surface area contributed by atoms with Gasteiger partial charge >= 0.3 is 0 Å². The minimum atomic E-state index is -3.75. The van der Waals surface area contributed by atoms with Crippen molar-refractivity contribution in [3.05, 3.63) is 38.8 Å². The topological polar surface area (TPSA) is 103 Å². The van der Waals surface area contributed by atoms with E-state index in [4.69, 9.17) is 0 Å². The molecule has 13 heteroatoms. The number of fused-ring (bicyclic) bond motifs is 1. The van der Waals surface area contributed by atoms with Gasteiger partial charge in [-0.15, -0.1) is 21.5 Å². The van der Waals surface area contributed by atoms with Crippen molar-refractivity contribution >= 4 is 43.6 Å². The van der Waals surface area contributed by atoms with Gasteiger partial charge in [0, 0.05) is 15.8 Å². The number of aromatic nitrogens is 5. The summed E-state index contributed by atoms with van der Waals surface area (Å²) in [7, 11) is -3.75. The summed E-state index contributed by atoms with van der Waals surface area (Å²) in [5.41, 5.74) is 1.46. The van der Waals surface area contributed by atoms with E-state index in [-0.39, 0.29) is 9.90 Å². The Morgan fingerprint density at radius 1 is 1.21 bits per heavy atom. The second-order valence-corrected chi connectivity index (χ2v) is 12.3.